The van der Waals surface area contributed by atoms with Crippen LogP contribution in [0, 0.1) is 0 Å². The Morgan fingerprint density at radius 3 is 2.56 bits per heavy atom. The molecule has 5 rings (SSSR count). The molecule has 0 aliphatic heterocycles. The van der Waals surface area contributed by atoms with Crippen molar-refractivity contribution >= 4 is 21.7 Å². The lowest BCUT2D eigenvalue weighted by Gasteiger charge is -2.31. The normalized spacial score (nSPS) is 19.0. The first kappa shape index (κ1) is 14.6. The summed E-state index contributed by atoms with van der Waals surface area (Å²) in [5, 5.41) is 14.3. The summed E-state index contributed by atoms with van der Waals surface area (Å²) in [6.07, 6.45) is -1.17. The van der Waals surface area contributed by atoms with E-state index in [9.17, 15) is 5.11 Å². The van der Waals surface area contributed by atoms with Crippen molar-refractivity contribution in [3.05, 3.63) is 78.0 Å². The standard InChI is InChI=1S/C22H17NO2/c1-25-22-16-9-5-4-8-15(16)18-12-17-14-7-3-2-6-13(14)10-11-19(17)23-20(18)21(22)24/h2-12,21-22,24H,1H3/t21-,22-/m0/s1. The van der Waals surface area contributed by atoms with Crippen molar-refractivity contribution in [1.82, 2.24) is 4.98 Å². The van der Waals surface area contributed by atoms with Crippen LogP contribution in [0.3, 0.4) is 0 Å². The highest BCUT2D eigenvalue weighted by Gasteiger charge is 2.34. The van der Waals surface area contributed by atoms with Crippen molar-refractivity contribution in [3.8, 4) is 11.1 Å². The van der Waals surface area contributed by atoms with Crippen LogP contribution in [0.2, 0.25) is 0 Å². The average Bonchev–Trinajstić information content (AvgIpc) is 2.67. The highest BCUT2D eigenvalue weighted by Crippen LogP contribution is 2.46. The predicted octanol–water partition coefficient (Wildman–Crippen LogP) is 4.79. The lowest BCUT2D eigenvalue weighted by atomic mass is 9.84. The molecule has 122 valence electrons. The van der Waals surface area contributed by atoms with E-state index in [1.54, 1.807) is 7.11 Å². The fraction of sp³-hybridized carbons (Fsp3) is 0.136. The highest BCUT2D eigenvalue weighted by molar-refractivity contribution is 6.07. The SMILES string of the molecule is CO[C@H]1c2ccccc2-c2cc3c(ccc4ccccc43)nc2[C@@H]1O. The number of benzene rings is 3. The second-order valence-corrected chi connectivity index (χ2v) is 6.46. The first-order valence-corrected chi connectivity index (χ1v) is 8.40. The van der Waals surface area contributed by atoms with E-state index >= 15 is 0 Å². The van der Waals surface area contributed by atoms with Crippen LogP contribution in [0.5, 0.6) is 0 Å². The zero-order valence-corrected chi connectivity index (χ0v) is 13.8. The molecule has 0 amide bonds. The zero-order valence-electron chi connectivity index (χ0n) is 13.8. The Labute approximate surface area is 145 Å². The van der Waals surface area contributed by atoms with Crippen LogP contribution in [-0.2, 0) is 4.74 Å². The third-order valence-corrected chi connectivity index (χ3v) is 5.13. The third kappa shape index (κ3) is 2.03. The number of nitrogens with zero attached hydrogens (tertiary/aromatic N) is 1. The van der Waals surface area contributed by atoms with Gasteiger partial charge in [0.2, 0.25) is 0 Å². The maximum Gasteiger partial charge on any atom is 0.127 e. The summed E-state index contributed by atoms with van der Waals surface area (Å²) >= 11 is 0. The fourth-order valence-corrected chi connectivity index (χ4v) is 3.94. The van der Waals surface area contributed by atoms with Gasteiger partial charge in [0.15, 0.2) is 0 Å². The van der Waals surface area contributed by atoms with Gasteiger partial charge in [0, 0.05) is 18.1 Å². The van der Waals surface area contributed by atoms with Crippen LogP contribution in [0.4, 0.5) is 0 Å². The van der Waals surface area contributed by atoms with Gasteiger partial charge in [-0.2, -0.15) is 0 Å². The molecule has 3 aromatic carbocycles. The van der Waals surface area contributed by atoms with E-state index in [0.29, 0.717) is 5.69 Å². The van der Waals surface area contributed by atoms with E-state index in [1.807, 2.05) is 36.4 Å². The van der Waals surface area contributed by atoms with Crippen LogP contribution in [0.1, 0.15) is 23.5 Å². The van der Waals surface area contributed by atoms with Gasteiger partial charge in [-0.3, -0.25) is 0 Å². The maximum absolute atomic E-state index is 10.9. The van der Waals surface area contributed by atoms with E-state index < -0.39 is 12.2 Å². The summed E-state index contributed by atoms with van der Waals surface area (Å²) in [7, 11) is 1.63. The van der Waals surface area contributed by atoms with Crippen molar-refractivity contribution in [2.24, 2.45) is 0 Å². The van der Waals surface area contributed by atoms with Crippen LogP contribution >= 0.6 is 0 Å². The average molecular weight is 327 g/mol. The Morgan fingerprint density at radius 2 is 1.68 bits per heavy atom. The molecule has 0 radical (unpaired) electrons. The number of aromatic nitrogens is 1. The number of ether oxygens (including phenoxy) is 1. The molecular formula is C22H17NO2. The van der Waals surface area contributed by atoms with Gasteiger partial charge in [-0.15, -0.1) is 0 Å². The molecule has 4 aromatic rings. The molecule has 0 bridgehead atoms. The summed E-state index contributed by atoms with van der Waals surface area (Å²) in [6.45, 7) is 0. The molecule has 2 atom stereocenters. The zero-order chi connectivity index (χ0) is 17.0. The van der Waals surface area contributed by atoms with Gasteiger partial charge in [0.25, 0.3) is 0 Å². The minimum absolute atomic E-state index is 0.394. The molecule has 3 nitrogen and oxygen atoms in total. The first-order chi connectivity index (χ1) is 12.3. The summed E-state index contributed by atoms with van der Waals surface area (Å²) in [5.41, 5.74) is 4.66. The van der Waals surface area contributed by atoms with Gasteiger partial charge < -0.3 is 9.84 Å². The Morgan fingerprint density at radius 1 is 0.880 bits per heavy atom. The molecular weight excluding hydrogens is 310 g/mol. The van der Waals surface area contributed by atoms with E-state index in [1.165, 1.54) is 10.8 Å². The van der Waals surface area contributed by atoms with Gasteiger partial charge in [-0.1, -0.05) is 54.6 Å². The summed E-state index contributed by atoms with van der Waals surface area (Å²) in [4.78, 5) is 4.81. The molecule has 1 aromatic heterocycles. The number of methoxy groups -OCH3 is 1. The van der Waals surface area contributed by atoms with E-state index in [0.717, 1.165) is 27.6 Å². The lowest BCUT2D eigenvalue weighted by Crippen LogP contribution is -2.20. The lowest BCUT2D eigenvalue weighted by molar-refractivity contribution is -0.0181. The van der Waals surface area contributed by atoms with Crippen LogP contribution in [0.15, 0.2) is 66.7 Å². The van der Waals surface area contributed by atoms with Gasteiger partial charge >= 0.3 is 0 Å². The topological polar surface area (TPSA) is 42.4 Å². The number of hydrogen-bond acceptors (Lipinski definition) is 3. The van der Waals surface area contributed by atoms with Crippen molar-refractivity contribution in [2.45, 2.75) is 12.2 Å². The van der Waals surface area contributed by atoms with E-state index in [2.05, 4.69) is 30.3 Å². The number of hydrogen-bond donors (Lipinski definition) is 1. The smallest absolute Gasteiger partial charge is 0.127 e. The molecule has 1 N–H and O–H groups in total. The molecule has 0 fully saturated rings. The molecule has 0 spiro atoms. The fourth-order valence-electron chi connectivity index (χ4n) is 3.94. The van der Waals surface area contributed by atoms with Gasteiger partial charge in [0.1, 0.15) is 12.2 Å². The molecule has 0 saturated heterocycles. The molecule has 0 unspecified atom stereocenters. The van der Waals surface area contributed by atoms with Crippen molar-refractivity contribution in [1.29, 1.82) is 0 Å². The van der Waals surface area contributed by atoms with E-state index in [-0.39, 0.29) is 0 Å². The molecule has 1 heterocycles. The van der Waals surface area contributed by atoms with Crippen LogP contribution in [-0.4, -0.2) is 17.2 Å². The predicted molar refractivity (Wildman–Crippen MR) is 99.4 cm³/mol. The third-order valence-electron chi connectivity index (χ3n) is 5.13. The number of aliphatic hydroxyl groups is 1. The number of pyridine rings is 1. The molecule has 25 heavy (non-hydrogen) atoms. The van der Waals surface area contributed by atoms with Crippen molar-refractivity contribution in [3.63, 3.8) is 0 Å². The molecule has 3 heteroatoms. The number of rotatable bonds is 1. The van der Waals surface area contributed by atoms with Crippen molar-refractivity contribution in [2.75, 3.05) is 7.11 Å². The minimum Gasteiger partial charge on any atom is -0.384 e. The van der Waals surface area contributed by atoms with Crippen LogP contribution in [0.25, 0.3) is 32.8 Å². The summed E-state index contributed by atoms with van der Waals surface area (Å²) in [6, 6.07) is 22.7. The second-order valence-electron chi connectivity index (χ2n) is 6.46. The second kappa shape index (κ2) is 5.38. The first-order valence-electron chi connectivity index (χ1n) is 8.40. The van der Waals surface area contributed by atoms with Gasteiger partial charge in [-0.25, -0.2) is 4.98 Å². The van der Waals surface area contributed by atoms with Gasteiger partial charge in [0.05, 0.1) is 11.2 Å². The Hall–Kier alpha value is -2.75. The number of fused-ring (bicyclic) bond motifs is 6. The molecule has 1 aliphatic carbocycles. The Kier molecular flexibility index (Phi) is 3.14. The summed E-state index contributed by atoms with van der Waals surface area (Å²) < 4.78 is 5.58. The Balaban J connectivity index is 1.89. The monoisotopic (exact) mass is 327 g/mol. The quantitative estimate of drug-likeness (QED) is 0.511. The maximum atomic E-state index is 10.9. The van der Waals surface area contributed by atoms with Crippen molar-refractivity contribution < 1.29 is 9.84 Å². The van der Waals surface area contributed by atoms with Gasteiger partial charge in [-0.05, 0) is 34.0 Å². The molecule has 1 aliphatic rings. The summed E-state index contributed by atoms with van der Waals surface area (Å²) in [5.74, 6) is 0. The highest BCUT2D eigenvalue weighted by atomic mass is 16.5. The molecule has 0 saturated carbocycles. The largest absolute Gasteiger partial charge is 0.384 e. The number of aliphatic hydroxyl groups excluding tert-OH is 1. The van der Waals surface area contributed by atoms with E-state index in [4.69, 9.17) is 9.72 Å². The Bertz CT molecular complexity index is 1120. The minimum atomic E-state index is -0.772. The van der Waals surface area contributed by atoms with Crippen LogP contribution < -0.4 is 0 Å².